The number of alkyl carbamates (subject to hydrolysis) is 1. The molecule has 0 saturated heterocycles. The molecular weight excluding hydrogens is 374 g/mol. The fraction of sp³-hybridized carbons (Fsp3) is 0.130. The van der Waals surface area contributed by atoms with E-state index in [0.29, 0.717) is 5.56 Å². The number of hydrogen-bond donors (Lipinski definition) is 1. The first-order chi connectivity index (χ1) is 13.6. The van der Waals surface area contributed by atoms with Crippen molar-refractivity contribution in [1.29, 1.82) is 0 Å². The number of fused-ring (bicyclic) bond motifs is 3. The van der Waals surface area contributed by atoms with Gasteiger partial charge in [0.05, 0.1) is 0 Å². The van der Waals surface area contributed by atoms with Gasteiger partial charge >= 0.3 is 6.09 Å². The van der Waals surface area contributed by atoms with E-state index < -0.39 is 17.4 Å². The average molecular weight is 392 g/mol. The molecule has 1 N–H and O–H groups in total. The fourth-order valence-electron chi connectivity index (χ4n) is 3.67. The predicted molar refractivity (Wildman–Crippen MR) is 108 cm³/mol. The van der Waals surface area contributed by atoms with Crippen LogP contribution in [0.3, 0.4) is 0 Å². The summed E-state index contributed by atoms with van der Waals surface area (Å²) in [4.78, 5) is 24.1. The van der Waals surface area contributed by atoms with Gasteiger partial charge in [0, 0.05) is 5.92 Å². The van der Waals surface area contributed by atoms with Crippen LogP contribution in [0, 0.1) is 0 Å². The van der Waals surface area contributed by atoms with Crippen molar-refractivity contribution in [3.8, 4) is 11.1 Å². The molecule has 0 bridgehead atoms. The third-order valence-electron chi connectivity index (χ3n) is 4.97. The highest BCUT2D eigenvalue weighted by Crippen LogP contribution is 2.44. The summed E-state index contributed by atoms with van der Waals surface area (Å²) in [5.74, 6) is -0.0416. The molecule has 4 rings (SSSR count). The summed E-state index contributed by atoms with van der Waals surface area (Å²) in [6.07, 6.45) is -0.676. The molecule has 3 aromatic rings. The van der Waals surface area contributed by atoms with Gasteiger partial charge in [0.2, 0.25) is 5.24 Å². The predicted octanol–water partition coefficient (Wildman–Crippen LogP) is 5.03. The molecule has 0 heterocycles. The van der Waals surface area contributed by atoms with Crippen molar-refractivity contribution in [1.82, 2.24) is 5.32 Å². The van der Waals surface area contributed by atoms with Crippen LogP contribution in [0.4, 0.5) is 4.79 Å². The van der Waals surface area contributed by atoms with E-state index in [4.69, 9.17) is 16.3 Å². The maximum absolute atomic E-state index is 12.4. The Labute approximate surface area is 168 Å². The molecular formula is C23H18ClNO3. The summed E-state index contributed by atoms with van der Waals surface area (Å²) < 4.78 is 5.48. The van der Waals surface area contributed by atoms with E-state index in [1.54, 1.807) is 24.3 Å². The second-order valence-corrected chi connectivity index (χ2v) is 6.99. The van der Waals surface area contributed by atoms with E-state index in [0.717, 1.165) is 22.3 Å². The lowest BCUT2D eigenvalue weighted by Gasteiger charge is -2.18. The van der Waals surface area contributed by atoms with Gasteiger partial charge in [-0.05, 0) is 39.4 Å². The monoisotopic (exact) mass is 391 g/mol. The first-order valence-corrected chi connectivity index (χ1v) is 9.39. The van der Waals surface area contributed by atoms with Crippen molar-refractivity contribution in [3.05, 3.63) is 95.6 Å². The maximum atomic E-state index is 12.4. The van der Waals surface area contributed by atoms with Crippen molar-refractivity contribution in [3.63, 3.8) is 0 Å². The van der Waals surface area contributed by atoms with E-state index in [-0.39, 0.29) is 12.5 Å². The van der Waals surface area contributed by atoms with Crippen molar-refractivity contribution < 1.29 is 14.3 Å². The van der Waals surface area contributed by atoms with Crippen molar-refractivity contribution in [2.45, 2.75) is 12.0 Å². The molecule has 0 saturated carbocycles. The number of carbonyl (C=O) groups excluding carboxylic acids is 2. The van der Waals surface area contributed by atoms with Gasteiger partial charge in [-0.25, -0.2) is 4.79 Å². The summed E-state index contributed by atoms with van der Waals surface area (Å²) in [5.41, 5.74) is 5.18. The molecule has 140 valence electrons. The molecule has 0 aromatic heterocycles. The summed E-state index contributed by atoms with van der Waals surface area (Å²) in [6.45, 7) is 0.178. The van der Waals surface area contributed by atoms with Crippen molar-refractivity contribution in [2.75, 3.05) is 6.61 Å². The zero-order chi connectivity index (χ0) is 19.5. The van der Waals surface area contributed by atoms with Gasteiger partial charge in [0.15, 0.2) is 0 Å². The van der Waals surface area contributed by atoms with E-state index in [1.165, 1.54) is 0 Å². The second kappa shape index (κ2) is 7.87. The Morgan fingerprint density at radius 1 is 0.857 bits per heavy atom. The molecule has 1 aliphatic rings. The zero-order valence-corrected chi connectivity index (χ0v) is 15.7. The lowest BCUT2D eigenvalue weighted by molar-refractivity contribution is -0.113. The molecule has 0 aliphatic heterocycles. The minimum Gasteiger partial charge on any atom is -0.449 e. The van der Waals surface area contributed by atoms with E-state index in [1.807, 2.05) is 30.3 Å². The minimum atomic E-state index is -0.946. The van der Waals surface area contributed by atoms with E-state index >= 15 is 0 Å². The fourth-order valence-corrected chi connectivity index (χ4v) is 3.86. The quantitative estimate of drug-likeness (QED) is 0.620. The molecule has 0 unspecified atom stereocenters. The largest absolute Gasteiger partial charge is 0.449 e. The number of amides is 1. The molecule has 1 atom stereocenters. The Morgan fingerprint density at radius 2 is 1.39 bits per heavy atom. The van der Waals surface area contributed by atoms with Gasteiger partial charge in [0.25, 0.3) is 0 Å². The molecule has 0 fully saturated rings. The number of ether oxygens (including phenoxy) is 1. The highest BCUT2D eigenvalue weighted by atomic mass is 35.5. The van der Waals surface area contributed by atoms with Gasteiger partial charge in [-0.15, -0.1) is 0 Å². The number of rotatable bonds is 5. The molecule has 0 spiro atoms. The van der Waals surface area contributed by atoms with Gasteiger partial charge in [-0.2, -0.15) is 0 Å². The summed E-state index contributed by atoms with van der Waals surface area (Å²) in [5, 5.41) is 1.90. The topological polar surface area (TPSA) is 55.4 Å². The van der Waals surface area contributed by atoms with E-state index in [2.05, 4.69) is 29.6 Å². The molecule has 3 aromatic carbocycles. The standard InChI is InChI=1S/C23H18ClNO3/c24-22(26)21(15-8-2-1-3-9-15)25-23(27)28-14-20-18-12-6-4-10-16(18)17-11-5-7-13-19(17)20/h1-13,20-21H,14H2,(H,25,27)/t21-/m0/s1. The van der Waals surface area contributed by atoms with Gasteiger partial charge in [-0.1, -0.05) is 78.9 Å². The molecule has 1 aliphatic carbocycles. The van der Waals surface area contributed by atoms with Gasteiger partial charge < -0.3 is 10.1 Å². The zero-order valence-electron chi connectivity index (χ0n) is 15.0. The number of hydrogen-bond acceptors (Lipinski definition) is 3. The lowest BCUT2D eigenvalue weighted by Crippen LogP contribution is -2.33. The number of nitrogens with one attached hydrogen (secondary N) is 1. The first kappa shape index (κ1) is 18.3. The first-order valence-electron chi connectivity index (χ1n) is 9.01. The van der Waals surface area contributed by atoms with Crippen LogP contribution in [-0.4, -0.2) is 17.9 Å². The highest BCUT2D eigenvalue weighted by Gasteiger charge is 2.29. The second-order valence-electron chi connectivity index (χ2n) is 6.62. The van der Waals surface area contributed by atoms with Gasteiger partial charge in [-0.3, -0.25) is 4.79 Å². The van der Waals surface area contributed by atoms with Crippen LogP contribution in [0.2, 0.25) is 0 Å². The lowest BCUT2D eigenvalue weighted by atomic mass is 9.98. The number of benzene rings is 3. The summed E-state index contributed by atoms with van der Waals surface area (Å²) in [7, 11) is 0. The Hall–Kier alpha value is -3.11. The molecule has 0 radical (unpaired) electrons. The summed E-state index contributed by atoms with van der Waals surface area (Å²) in [6, 6.07) is 24.1. The number of carbonyl (C=O) groups is 2. The molecule has 5 heteroatoms. The van der Waals surface area contributed by atoms with Crippen LogP contribution in [-0.2, 0) is 9.53 Å². The number of halogens is 1. The Morgan fingerprint density at radius 3 is 1.96 bits per heavy atom. The van der Waals surface area contributed by atoms with Crippen molar-refractivity contribution in [2.24, 2.45) is 0 Å². The maximum Gasteiger partial charge on any atom is 0.408 e. The van der Waals surface area contributed by atoms with Crippen LogP contribution in [0.5, 0.6) is 0 Å². The minimum absolute atomic E-state index is 0.0416. The Bertz CT molecular complexity index is 974. The third kappa shape index (κ3) is 3.51. The molecule has 1 amide bonds. The average Bonchev–Trinajstić information content (AvgIpc) is 3.05. The Balaban J connectivity index is 1.49. The third-order valence-corrected chi connectivity index (χ3v) is 5.18. The smallest absolute Gasteiger partial charge is 0.408 e. The van der Waals surface area contributed by atoms with Gasteiger partial charge in [0.1, 0.15) is 12.6 Å². The molecule has 4 nitrogen and oxygen atoms in total. The summed E-state index contributed by atoms with van der Waals surface area (Å²) >= 11 is 5.67. The van der Waals surface area contributed by atoms with E-state index in [9.17, 15) is 9.59 Å². The van der Waals surface area contributed by atoms with Crippen LogP contribution >= 0.6 is 11.6 Å². The molecule has 28 heavy (non-hydrogen) atoms. The van der Waals surface area contributed by atoms with Crippen LogP contribution in [0.15, 0.2) is 78.9 Å². The van der Waals surface area contributed by atoms with Crippen LogP contribution < -0.4 is 5.32 Å². The van der Waals surface area contributed by atoms with Crippen molar-refractivity contribution >= 4 is 22.9 Å². The SMILES string of the molecule is O=C(N[C@H](C(=O)Cl)c1ccccc1)OCC1c2ccccc2-c2ccccc21. The van der Waals surface area contributed by atoms with Crippen LogP contribution in [0.25, 0.3) is 11.1 Å². The van der Waals surface area contributed by atoms with Crippen LogP contribution in [0.1, 0.15) is 28.7 Å². The normalized spacial score (nSPS) is 13.3. The highest BCUT2D eigenvalue weighted by molar-refractivity contribution is 6.64. The Kier molecular flexibility index (Phi) is 5.13.